The second-order valence-electron chi connectivity index (χ2n) is 4.61. The maximum Gasteiger partial charge on any atom is 0.407 e. The first-order valence-corrected chi connectivity index (χ1v) is 5.55. The summed E-state index contributed by atoms with van der Waals surface area (Å²) >= 11 is 0. The summed E-state index contributed by atoms with van der Waals surface area (Å²) in [6.07, 6.45) is 0.706. The third kappa shape index (κ3) is 2.02. The molecule has 1 aromatic carbocycles. The average Bonchev–Trinajstić information content (AvgIpc) is 3.05. The van der Waals surface area contributed by atoms with E-state index in [-0.39, 0.29) is 11.3 Å². The van der Waals surface area contributed by atoms with Crippen LogP contribution in [0.5, 0.6) is 0 Å². The van der Waals surface area contributed by atoms with Crippen LogP contribution < -0.4 is 0 Å². The Bertz CT molecular complexity index is 432. The molecule has 1 N–H and O–H groups in total. The van der Waals surface area contributed by atoms with E-state index in [1.54, 1.807) is 0 Å². The normalized spacial score (nSPS) is 26.3. The molecule has 17 heavy (non-hydrogen) atoms. The molecule has 0 unspecified atom stereocenters. The zero-order valence-corrected chi connectivity index (χ0v) is 9.67. The molecule has 0 saturated heterocycles. The van der Waals surface area contributed by atoms with E-state index in [1.165, 1.54) is 11.9 Å². The number of likely N-dealkylation sites (N-methyl/N-ethyl adjacent to an activating group) is 1. The first-order chi connectivity index (χ1) is 8.10. The molecule has 1 fully saturated rings. The van der Waals surface area contributed by atoms with E-state index >= 15 is 0 Å². The molecular weight excluding hydrogens is 218 g/mol. The van der Waals surface area contributed by atoms with Gasteiger partial charge in [0.1, 0.15) is 6.29 Å². The molecule has 0 aromatic heterocycles. The van der Waals surface area contributed by atoms with Gasteiger partial charge in [0, 0.05) is 24.9 Å². The van der Waals surface area contributed by atoms with Crippen molar-refractivity contribution in [3.05, 3.63) is 35.9 Å². The number of nitrogens with zero attached hydrogens (tertiary/aromatic N) is 1. The molecule has 0 bridgehead atoms. The van der Waals surface area contributed by atoms with Gasteiger partial charge in [-0.3, -0.25) is 0 Å². The van der Waals surface area contributed by atoms with E-state index < -0.39 is 6.09 Å². The Morgan fingerprint density at radius 3 is 2.65 bits per heavy atom. The van der Waals surface area contributed by atoms with Crippen molar-refractivity contribution in [2.45, 2.75) is 11.8 Å². The molecule has 2 rings (SSSR count). The largest absolute Gasteiger partial charge is 0.465 e. The van der Waals surface area contributed by atoms with Gasteiger partial charge in [0.25, 0.3) is 0 Å². The summed E-state index contributed by atoms with van der Waals surface area (Å²) in [7, 11) is 1.53. The Kier molecular flexibility index (Phi) is 2.88. The lowest BCUT2D eigenvalue weighted by molar-refractivity contribution is -0.109. The molecule has 0 spiro atoms. The molecule has 0 radical (unpaired) electrons. The summed E-state index contributed by atoms with van der Waals surface area (Å²) in [5, 5.41) is 8.92. The zero-order chi connectivity index (χ0) is 12.5. The van der Waals surface area contributed by atoms with Crippen molar-refractivity contribution >= 4 is 12.4 Å². The van der Waals surface area contributed by atoms with Crippen molar-refractivity contribution < 1.29 is 14.7 Å². The van der Waals surface area contributed by atoms with Gasteiger partial charge in [-0.15, -0.1) is 0 Å². The van der Waals surface area contributed by atoms with E-state index in [9.17, 15) is 9.59 Å². The molecule has 1 amide bonds. The molecular formula is C13H15NO3. The lowest BCUT2D eigenvalue weighted by Gasteiger charge is -2.22. The molecule has 90 valence electrons. The van der Waals surface area contributed by atoms with Gasteiger partial charge in [0.05, 0.1) is 0 Å². The van der Waals surface area contributed by atoms with Crippen LogP contribution in [0.1, 0.15) is 12.0 Å². The van der Waals surface area contributed by atoms with Crippen LogP contribution >= 0.6 is 0 Å². The topological polar surface area (TPSA) is 57.6 Å². The van der Waals surface area contributed by atoms with Crippen molar-refractivity contribution in [2.75, 3.05) is 13.6 Å². The van der Waals surface area contributed by atoms with Gasteiger partial charge in [-0.25, -0.2) is 4.79 Å². The Morgan fingerprint density at radius 1 is 1.53 bits per heavy atom. The van der Waals surface area contributed by atoms with Crippen molar-refractivity contribution in [3.8, 4) is 0 Å². The standard InChI is InChI=1S/C13H15NO3/c1-14(12(16)17)9-13(7-11(13)8-15)10-5-3-2-4-6-10/h2-6,8,11H,7,9H2,1H3,(H,16,17)/t11-,13-/m0/s1. The van der Waals surface area contributed by atoms with Crippen LogP contribution in [0.15, 0.2) is 30.3 Å². The van der Waals surface area contributed by atoms with Crippen LogP contribution in [0.2, 0.25) is 0 Å². The highest BCUT2D eigenvalue weighted by Crippen LogP contribution is 2.53. The molecule has 1 saturated carbocycles. The van der Waals surface area contributed by atoms with E-state index in [4.69, 9.17) is 5.11 Å². The number of carbonyl (C=O) groups is 2. The third-order valence-electron chi connectivity index (χ3n) is 3.49. The smallest absolute Gasteiger partial charge is 0.407 e. The third-order valence-corrected chi connectivity index (χ3v) is 3.49. The van der Waals surface area contributed by atoms with Crippen molar-refractivity contribution in [3.63, 3.8) is 0 Å². The van der Waals surface area contributed by atoms with E-state index in [2.05, 4.69) is 0 Å². The Balaban J connectivity index is 2.24. The van der Waals surface area contributed by atoms with Crippen LogP contribution in [-0.4, -0.2) is 36.0 Å². The molecule has 1 aromatic rings. The number of carboxylic acid groups (broad SMARTS) is 1. The number of benzene rings is 1. The second kappa shape index (κ2) is 4.20. The summed E-state index contributed by atoms with van der Waals surface area (Å²) in [6, 6.07) is 9.66. The zero-order valence-electron chi connectivity index (χ0n) is 9.67. The quantitative estimate of drug-likeness (QED) is 0.806. The van der Waals surface area contributed by atoms with Gasteiger partial charge in [-0.05, 0) is 12.0 Å². The summed E-state index contributed by atoms with van der Waals surface area (Å²) in [5.74, 6) is -0.0632. The minimum Gasteiger partial charge on any atom is -0.465 e. The minimum atomic E-state index is -0.961. The summed E-state index contributed by atoms with van der Waals surface area (Å²) in [5.41, 5.74) is 0.737. The number of carbonyl (C=O) groups excluding carboxylic acids is 1. The van der Waals surface area contributed by atoms with Gasteiger partial charge >= 0.3 is 6.09 Å². The van der Waals surface area contributed by atoms with Crippen LogP contribution in [0.3, 0.4) is 0 Å². The number of hydrogen-bond donors (Lipinski definition) is 1. The van der Waals surface area contributed by atoms with Crippen LogP contribution in [0.25, 0.3) is 0 Å². The highest BCUT2D eigenvalue weighted by Gasteiger charge is 2.56. The molecule has 0 heterocycles. The first-order valence-electron chi connectivity index (χ1n) is 5.55. The maximum absolute atomic E-state index is 10.9. The summed E-state index contributed by atoms with van der Waals surface area (Å²) in [6.45, 7) is 0.371. The van der Waals surface area contributed by atoms with E-state index in [1.807, 2.05) is 30.3 Å². The highest BCUT2D eigenvalue weighted by molar-refractivity contribution is 5.68. The predicted molar refractivity (Wildman–Crippen MR) is 62.9 cm³/mol. The van der Waals surface area contributed by atoms with Gasteiger partial charge in [-0.1, -0.05) is 30.3 Å². The number of amides is 1. The molecule has 2 atom stereocenters. The predicted octanol–water partition coefficient (Wildman–Crippen LogP) is 1.75. The van der Waals surface area contributed by atoms with E-state index in [0.717, 1.165) is 18.3 Å². The lowest BCUT2D eigenvalue weighted by Crippen LogP contribution is -2.34. The van der Waals surface area contributed by atoms with Crippen molar-refractivity contribution in [1.29, 1.82) is 0 Å². The molecule has 0 aliphatic heterocycles. The monoisotopic (exact) mass is 233 g/mol. The SMILES string of the molecule is CN(C[C@]1(c2ccccc2)C[C@H]1C=O)C(=O)O. The molecule has 4 heteroatoms. The second-order valence-corrected chi connectivity index (χ2v) is 4.61. The number of hydrogen-bond acceptors (Lipinski definition) is 2. The van der Waals surface area contributed by atoms with Crippen LogP contribution in [0, 0.1) is 5.92 Å². The lowest BCUT2D eigenvalue weighted by atomic mass is 9.93. The summed E-state index contributed by atoms with van der Waals surface area (Å²) in [4.78, 5) is 23.1. The summed E-state index contributed by atoms with van der Waals surface area (Å²) < 4.78 is 0. The van der Waals surface area contributed by atoms with Crippen LogP contribution in [-0.2, 0) is 10.2 Å². The fourth-order valence-electron chi connectivity index (χ4n) is 2.38. The van der Waals surface area contributed by atoms with Gasteiger partial charge in [0.15, 0.2) is 0 Å². The van der Waals surface area contributed by atoms with E-state index in [0.29, 0.717) is 6.54 Å². The number of aldehydes is 1. The van der Waals surface area contributed by atoms with Crippen LogP contribution in [0.4, 0.5) is 4.79 Å². The molecule has 1 aliphatic carbocycles. The minimum absolute atomic E-state index is 0.0632. The first kappa shape index (κ1) is 11.6. The van der Waals surface area contributed by atoms with Gasteiger partial charge < -0.3 is 14.8 Å². The van der Waals surface area contributed by atoms with Crippen molar-refractivity contribution in [1.82, 2.24) is 4.90 Å². The van der Waals surface area contributed by atoms with Gasteiger partial charge in [-0.2, -0.15) is 0 Å². The Morgan fingerprint density at radius 2 is 2.18 bits per heavy atom. The Hall–Kier alpha value is -1.84. The molecule has 4 nitrogen and oxygen atoms in total. The highest BCUT2D eigenvalue weighted by atomic mass is 16.4. The maximum atomic E-state index is 10.9. The van der Waals surface area contributed by atoms with Crippen molar-refractivity contribution in [2.24, 2.45) is 5.92 Å². The number of rotatable bonds is 4. The average molecular weight is 233 g/mol. The fourth-order valence-corrected chi connectivity index (χ4v) is 2.38. The Labute approximate surface area is 99.9 Å². The van der Waals surface area contributed by atoms with Gasteiger partial charge in [0.2, 0.25) is 0 Å². The molecule has 1 aliphatic rings. The fraction of sp³-hybridized carbons (Fsp3) is 0.385.